The Balaban J connectivity index is 3.19. The minimum absolute atomic E-state index is 0.126. The van der Waals surface area contributed by atoms with Gasteiger partial charge in [-0.05, 0) is 12.1 Å². The van der Waals surface area contributed by atoms with Crippen LogP contribution in [0.1, 0.15) is 5.56 Å². The summed E-state index contributed by atoms with van der Waals surface area (Å²) in [5.41, 5.74) is 0.583. The summed E-state index contributed by atoms with van der Waals surface area (Å²) in [5.74, 6) is -0.126. The Morgan fingerprint density at radius 2 is 2.20 bits per heavy atom. The van der Waals surface area contributed by atoms with Crippen LogP contribution in [0.25, 0.3) is 0 Å². The first-order valence-corrected chi connectivity index (χ1v) is 5.21. The summed E-state index contributed by atoms with van der Waals surface area (Å²) >= 11 is 0. The molecule has 2 N–H and O–H groups in total. The molecular weight excluding hydrogens is 220 g/mol. The summed E-state index contributed by atoms with van der Waals surface area (Å²) in [5, 5.41) is 11.2. The van der Waals surface area contributed by atoms with Crippen LogP contribution in [0.4, 0.5) is 5.69 Å². The summed E-state index contributed by atoms with van der Waals surface area (Å²) < 4.78 is 33.8. The molecule has 6 nitrogen and oxygen atoms in total. The highest BCUT2D eigenvalue weighted by molar-refractivity contribution is 7.81. The Bertz CT molecular complexity index is 504. The van der Waals surface area contributed by atoms with Crippen molar-refractivity contribution in [2.24, 2.45) is 0 Å². The first-order valence-electron chi connectivity index (χ1n) is 3.85. The fraction of sp³-hybridized carbons (Fsp3) is 0.125. The molecule has 0 aliphatic carbocycles. The van der Waals surface area contributed by atoms with Crippen molar-refractivity contribution < 1.29 is 17.2 Å². The standard InChI is InChI=1S/C8H8N2O4S/c1-10-7-3-2-6(5-9)4-8(7)14-15(11,12)13/h2-4,10H,1H3,(H,11,12,13). The van der Waals surface area contributed by atoms with Gasteiger partial charge in [-0.25, -0.2) is 0 Å². The van der Waals surface area contributed by atoms with E-state index in [9.17, 15) is 8.42 Å². The van der Waals surface area contributed by atoms with Crippen LogP contribution in [0.5, 0.6) is 5.75 Å². The molecule has 1 aromatic carbocycles. The fourth-order valence-electron chi connectivity index (χ4n) is 0.981. The van der Waals surface area contributed by atoms with E-state index in [1.165, 1.54) is 18.2 Å². The van der Waals surface area contributed by atoms with Gasteiger partial charge in [0.15, 0.2) is 5.75 Å². The van der Waals surface area contributed by atoms with E-state index in [1.807, 2.05) is 6.07 Å². The lowest BCUT2D eigenvalue weighted by Crippen LogP contribution is -2.08. The number of benzene rings is 1. The topological polar surface area (TPSA) is 99.4 Å². The zero-order chi connectivity index (χ0) is 11.5. The van der Waals surface area contributed by atoms with Crippen LogP contribution in [0, 0.1) is 11.3 Å². The monoisotopic (exact) mass is 228 g/mol. The molecule has 0 aromatic heterocycles. The first-order chi connectivity index (χ1) is 6.96. The van der Waals surface area contributed by atoms with Gasteiger partial charge in [-0.3, -0.25) is 4.55 Å². The molecule has 1 aromatic rings. The molecule has 0 fully saturated rings. The molecule has 0 aliphatic rings. The quantitative estimate of drug-likeness (QED) is 0.741. The van der Waals surface area contributed by atoms with Crippen molar-refractivity contribution in [1.82, 2.24) is 0 Å². The Morgan fingerprint density at radius 3 is 2.67 bits per heavy atom. The van der Waals surface area contributed by atoms with Crippen LogP contribution < -0.4 is 9.50 Å². The summed E-state index contributed by atoms with van der Waals surface area (Å²) in [7, 11) is -3.03. The summed E-state index contributed by atoms with van der Waals surface area (Å²) in [6.45, 7) is 0. The van der Waals surface area contributed by atoms with E-state index in [0.29, 0.717) is 5.69 Å². The fourth-order valence-corrected chi connectivity index (χ4v) is 1.35. The minimum atomic E-state index is -4.58. The zero-order valence-electron chi connectivity index (χ0n) is 7.76. The van der Waals surface area contributed by atoms with Crippen molar-refractivity contribution in [2.75, 3.05) is 12.4 Å². The molecule has 1 rings (SSSR count). The van der Waals surface area contributed by atoms with Gasteiger partial charge in [0, 0.05) is 13.1 Å². The van der Waals surface area contributed by atoms with Crippen molar-refractivity contribution in [3.05, 3.63) is 23.8 Å². The third kappa shape index (κ3) is 3.12. The van der Waals surface area contributed by atoms with Gasteiger partial charge in [0.05, 0.1) is 17.3 Å². The molecular formula is C8H8N2O4S. The Hall–Kier alpha value is -1.78. The molecule has 0 unspecified atom stereocenters. The average molecular weight is 228 g/mol. The molecule has 0 saturated heterocycles. The number of nitriles is 1. The van der Waals surface area contributed by atoms with E-state index in [4.69, 9.17) is 9.81 Å². The Kier molecular flexibility index (Phi) is 3.14. The number of anilines is 1. The van der Waals surface area contributed by atoms with Crippen LogP contribution in [0.15, 0.2) is 18.2 Å². The SMILES string of the molecule is CNc1ccc(C#N)cc1OS(=O)(=O)O. The second-order valence-electron chi connectivity index (χ2n) is 2.58. The third-order valence-corrected chi connectivity index (χ3v) is 1.97. The van der Waals surface area contributed by atoms with Gasteiger partial charge in [-0.1, -0.05) is 0 Å². The maximum atomic E-state index is 10.5. The lowest BCUT2D eigenvalue weighted by atomic mass is 10.2. The number of nitrogens with zero attached hydrogens (tertiary/aromatic N) is 1. The van der Waals surface area contributed by atoms with E-state index in [-0.39, 0.29) is 11.3 Å². The maximum Gasteiger partial charge on any atom is 0.446 e. The lowest BCUT2D eigenvalue weighted by molar-refractivity contribution is 0.387. The van der Waals surface area contributed by atoms with E-state index >= 15 is 0 Å². The molecule has 80 valence electrons. The molecule has 0 saturated carbocycles. The van der Waals surface area contributed by atoms with Crippen molar-refractivity contribution in [2.45, 2.75) is 0 Å². The van der Waals surface area contributed by atoms with E-state index in [2.05, 4.69) is 9.50 Å². The highest BCUT2D eigenvalue weighted by atomic mass is 32.3. The maximum absolute atomic E-state index is 10.5. The minimum Gasteiger partial charge on any atom is -0.385 e. The summed E-state index contributed by atoms with van der Waals surface area (Å²) in [4.78, 5) is 0. The van der Waals surface area contributed by atoms with Gasteiger partial charge < -0.3 is 9.50 Å². The predicted molar refractivity (Wildman–Crippen MR) is 52.9 cm³/mol. The highest BCUT2D eigenvalue weighted by Crippen LogP contribution is 2.26. The van der Waals surface area contributed by atoms with Gasteiger partial charge in [-0.15, -0.1) is 0 Å². The number of rotatable bonds is 3. The van der Waals surface area contributed by atoms with Crippen LogP contribution >= 0.6 is 0 Å². The predicted octanol–water partition coefficient (Wildman–Crippen LogP) is 0.782. The molecule has 0 amide bonds. The van der Waals surface area contributed by atoms with E-state index in [1.54, 1.807) is 7.05 Å². The molecule has 0 bridgehead atoms. The second kappa shape index (κ2) is 4.16. The largest absolute Gasteiger partial charge is 0.446 e. The molecule has 0 spiro atoms. The van der Waals surface area contributed by atoms with E-state index in [0.717, 1.165) is 0 Å². The summed E-state index contributed by atoms with van der Waals surface area (Å²) in [6, 6.07) is 5.99. The molecule has 7 heteroatoms. The number of hydrogen-bond acceptors (Lipinski definition) is 5. The Labute approximate surface area is 87.1 Å². The van der Waals surface area contributed by atoms with Crippen LogP contribution in [0.2, 0.25) is 0 Å². The van der Waals surface area contributed by atoms with Gasteiger partial charge in [0.25, 0.3) is 0 Å². The number of nitrogens with one attached hydrogen (secondary N) is 1. The smallest absolute Gasteiger partial charge is 0.385 e. The second-order valence-corrected chi connectivity index (χ2v) is 3.61. The van der Waals surface area contributed by atoms with Gasteiger partial charge in [0.1, 0.15) is 0 Å². The van der Waals surface area contributed by atoms with Crippen molar-refractivity contribution in [3.63, 3.8) is 0 Å². The van der Waals surface area contributed by atoms with Crippen LogP contribution in [-0.4, -0.2) is 20.0 Å². The normalized spacial score (nSPS) is 10.5. The molecule has 0 aliphatic heterocycles. The number of hydrogen-bond donors (Lipinski definition) is 2. The van der Waals surface area contributed by atoms with Crippen LogP contribution in [0.3, 0.4) is 0 Å². The lowest BCUT2D eigenvalue weighted by Gasteiger charge is -2.07. The molecule has 0 atom stereocenters. The highest BCUT2D eigenvalue weighted by Gasteiger charge is 2.11. The van der Waals surface area contributed by atoms with Gasteiger partial charge >= 0.3 is 10.4 Å². The van der Waals surface area contributed by atoms with Gasteiger partial charge in [-0.2, -0.15) is 13.7 Å². The zero-order valence-corrected chi connectivity index (χ0v) is 8.58. The molecule has 0 radical (unpaired) electrons. The summed E-state index contributed by atoms with van der Waals surface area (Å²) in [6.07, 6.45) is 0. The first kappa shape index (κ1) is 11.3. The average Bonchev–Trinajstić information content (AvgIpc) is 2.15. The van der Waals surface area contributed by atoms with Crippen molar-refractivity contribution in [1.29, 1.82) is 5.26 Å². The Morgan fingerprint density at radius 1 is 1.53 bits per heavy atom. The molecule has 0 heterocycles. The van der Waals surface area contributed by atoms with Crippen LogP contribution in [-0.2, 0) is 10.4 Å². The van der Waals surface area contributed by atoms with Crippen molar-refractivity contribution in [3.8, 4) is 11.8 Å². The van der Waals surface area contributed by atoms with E-state index < -0.39 is 10.4 Å². The van der Waals surface area contributed by atoms with Gasteiger partial charge in [0.2, 0.25) is 0 Å². The van der Waals surface area contributed by atoms with Crippen molar-refractivity contribution >= 4 is 16.1 Å². The molecule has 15 heavy (non-hydrogen) atoms. The third-order valence-electron chi connectivity index (χ3n) is 1.58.